The van der Waals surface area contributed by atoms with Crippen LogP contribution in [0.1, 0.15) is 11.3 Å². The van der Waals surface area contributed by atoms with Crippen LogP contribution < -0.4 is 10.2 Å². The van der Waals surface area contributed by atoms with E-state index in [4.69, 9.17) is 14.3 Å². The van der Waals surface area contributed by atoms with Crippen LogP contribution in [-0.2, 0) is 13.2 Å². The van der Waals surface area contributed by atoms with E-state index >= 15 is 0 Å². The van der Waals surface area contributed by atoms with Crippen LogP contribution in [0, 0.1) is 0 Å². The maximum absolute atomic E-state index is 12.0. The number of para-hydroxylation sites is 1. The SMILES string of the molecule is O=c1cc(CO)oc2c(OCc3ccccc3)cccc12. The lowest BCUT2D eigenvalue weighted by molar-refractivity contribution is 0.246. The molecule has 0 radical (unpaired) electrons. The second kappa shape index (κ2) is 5.81. The third kappa shape index (κ3) is 2.80. The van der Waals surface area contributed by atoms with Gasteiger partial charge in [0.15, 0.2) is 16.8 Å². The Hall–Kier alpha value is -2.59. The van der Waals surface area contributed by atoms with Crippen LogP contribution in [0.4, 0.5) is 0 Å². The molecule has 1 heterocycles. The molecule has 4 heteroatoms. The minimum atomic E-state index is -0.321. The average Bonchev–Trinajstić information content (AvgIpc) is 2.54. The van der Waals surface area contributed by atoms with Gasteiger partial charge in [0.25, 0.3) is 0 Å². The van der Waals surface area contributed by atoms with Gasteiger partial charge in [-0.25, -0.2) is 0 Å². The van der Waals surface area contributed by atoms with Crippen LogP contribution in [0.5, 0.6) is 5.75 Å². The molecule has 0 atom stereocenters. The molecule has 0 saturated carbocycles. The molecule has 3 rings (SSSR count). The Kier molecular flexibility index (Phi) is 3.71. The number of fused-ring (bicyclic) bond motifs is 1. The maximum atomic E-state index is 12.0. The van der Waals surface area contributed by atoms with E-state index in [0.29, 0.717) is 23.3 Å². The molecular weight excluding hydrogens is 268 g/mol. The van der Waals surface area contributed by atoms with Crippen LogP contribution in [0.15, 0.2) is 63.8 Å². The number of hydrogen-bond acceptors (Lipinski definition) is 4. The van der Waals surface area contributed by atoms with Crippen molar-refractivity contribution in [2.24, 2.45) is 0 Å². The molecule has 0 aliphatic rings. The molecule has 0 unspecified atom stereocenters. The first-order valence-corrected chi connectivity index (χ1v) is 6.61. The first kappa shape index (κ1) is 13.4. The molecule has 0 spiro atoms. The zero-order valence-corrected chi connectivity index (χ0v) is 11.3. The van der Waals surface area contributed by atoms with Crippen LogP contribution in [0.2, 0.25) is 0 Å². The van der Waals surface area contributed by atoms with Gasteiger partial charge in [-0.1, -0.05) is 36.4 Å². The summed E-state index contributed by atoms with van der Waals surface area (Å²) in [5.41, 5.74) is 1.20. The predicted octanol–water partition coefficient (Wildman–Crippen LogP) is 2.86. The molecule has 4 nitrogen and oxygen atoms in total. The zero-order valence-electron chi connectivity index (χ0n) is 11.3. The van der Waals surface area contributed by atoms with Crippen molar-refractivity contribution >= 4 is 11.0 Å². The molecule has 2 aromatic carbocycles. The zero-order chi connectivity index (χ0) is 14.7. The lowest BCUT2D eigenvalue weighted by atomic mass is 10.2. The predicted molar refractivity (Wildman–Crippen MR) is 79.2 cm³/mol. The van der Waals surface area contributed by atoms with Crippen molar-refractivity contribution in [2.75, 3.05) is 0 Å². The van der Waals surface area contributed by atoms with Gasteiger partial charge in [-0.05, 0) is 17.7 Å². The van der Waals surface area contributed by atoms with E-state index in [1.54, 1.807) is 18.2 Å². The highest BCUT2D eigenvalue weighted by Gasteiger charge is 2.09. The fourth-order valence-corrected chi connectivity index (χ4v) is 2.13. The standard InChI is InChI=1S/C17H14O4/c18-10-13-9-15(19)14-7-4-8-16(17(14)21-13)20-11-12-5-2-1-3-6-12/h1-9,18H,10-11H2. The third-order valence-corrected chi connectivity index (χ3v) is 3.16. The summed E-state index contributed by atoms with van der Waals surface area (Å²) in [6, 6.07) is 16.2. The largest absolute Gasteiger partial charge is 0.485 e. The van der Waals surface area contributed by atoms with E-state index in [-0.39, 0.29) is 17.8 Å². The van der Waals surface area contributed by atoms with E-state index in [1.165, 1.54) is 6.07 Å². The summed E-state index contributed by atoms with van der Waals surface area (Å²) in [5.74, 6) is 0.715. The summed E-state index contributed by atoms with van der Waals surface area (Å²) in [5, 5.41) is 9.59. The Balaban J connectivity index is 1.98. The molecule has 3 aromatic rings. The van der Waals surface area contributed by atoms with E-state index in [2.05, 4.69) is 0 Å². The van der Waals surface area contributed by atoms with Gasteiger partial charge in [0.2, 0.25) is 0 Å². The molecule has 0 aliphatic carbocycles. The highest BCUT2D eigenvalue weighted by molar-refractivity contribution is 5.82. The molecule has 1 aromatic heterocycles. The maximum Gasteiger partial charge on any atom is 0.193 e. The van der Waals surface area contributed by atoms with E-state index < -0.39 is 0 Å². The molecule has 106 valence electrons. The van der Waals surface area contributed by atoms with Gasteiger partial charge in [-0.3, -0.25) is 4.79 Å². The highest BCUT2D eigenvalue weighted by atomic mass is 16.5. The second-order valence-electron chi connectivity index (χ2n) is 4.64. The van der Waals surface area contributed by atoms with Crippen molar-refractivity contribution in [2.45, 2.75) is 13.2 Å². The molecule has 0 amide bonds. The third-order valence-electron chi connectivity index (χ3n) is 3.16. The number of aliphatic hydroxyl groups is 1. The first-order valence-electron chi connectivity index (χ1n) is 6.61. The summed E-state index contributed by atoms with van der Waals surface area (Å²) in [4.78, 5) is 12.0. The van der Waals surface area contributed by atoms with Crippen molar-refractivity contribution in [3.8, 4) is 5.75 Å². The first-order chi connectivity index (χ1) is 10.3. The Labute approximate surface area is 121 Å². The summed E-state index contributed by atoms with van der Waals surface area (Å²) in [7, 11) is 0. The normalized spacial score (nSPS) is 10.7. The Morgan fingerprint density at radius 1 is 1.05 bits per heavy atom. The van der Waals surface area contributed by atoms with Gasteiger partial charge in [0.05, 0.1) is 5.39 Å². The van der Waals surface area contributed by atoms with Crippen LogP contribution in [0.3, 0.4) is 0 Å². The minimum Gasteiger partial charge on any atom is -0.485 e. The summed E-state index contributed by atoms with van der Waals surface area (Å²) < 4.78 is 11.3. The summed E-state index contributed by atoms with van der Waals surface area (Å²) in [6.07, 6.45) is 0. The van der Waals surface area contributed by atoms with Gasteiger partial charge in [0.1, 0.15) is 19.0 Å². The van der Waals surface area contributed by atoms with Crippen LogP contribution in [0.25, 0.3) is 11.0 Å². The van der Waals surface area contributed by atoms with E-state index in [1.807, 2.05) is 30.3 Å². The topological polar surface area (TPSA) is 59.7 Å². The number of rotatable bonds is 4. The number of benzene rings is 2. The quantitative estimate of drug-likeness (QED) is 0.799. The fraction of sp³-hybridized carbons (Fsp3) is 0.118. The average molecular weight is 282 g/mol. The van der Waals surface area contributed by atoms with Crippen molar-refractivity contribution in [3.63, 3.8) is 0 Å². The monoisotopic (exact) mass is 282 g/mol. The number of hydrogen-bond donors (Lipinski definition) is 1. The molecule has 0 bridgehead atoms. The fourth-order valence-electron chi connectivity index (χ4n) is 2.13. The van der Waals surface area contributed by atoms with Crippen molar-refractivity contribution in [1.29, 1.82) is 0 Å². The molecule has 0 fully saturated rings. The Bertz CT molecular complexity index is 806. The van der Waals surface area contributed by atoms with Crippen LogP contribution in [-0.4, -0.2) is 5.11 Å². The van der Waals surface area contributed by atoms with Gasteiger partial charge in [-0.2, -0.15) is 0 Å². The van der Waals surface area contributed by atoms with Crippen LogP contribution >= 0.6 is 0 Å². The molecule has 21 heavy (non-hydrogen) atoms. The summed E-state index contributed by atoms with van der Waals surface area (Å²) in [6.45, 7) is 0.0607. The smallest absolute Gasteiger partial charge is 0.193 e. The molecule has 0 aliphatic heterocycles. The highest BCUT2D eigenvalue weighted by Crippen LogP contribution is 2.25. The van der Waals surface area contributed by atoms with Gasteiger partial charge < -0.3 is 14.3 Å². The Morgan fingerprint density at radius 2 is 1.86 bits per heavy atom. The minimum absolute atomic E-state index is 0.189. The van der Waals surface area contributed by atoms with Crippen molar-refractivity contribution in [1.82, 2.24) is 0 Å². The van der Waals surface area contributed by atoms with Gasteiger partial charge >= 0.3 is 0 Å². The van der Waals surface area contributed by atoms with E-state index in [0.717, 1.165) is 5.56 Å². The Morgan fingerprint density at radius 3 is 2.62 bits per heavy atom. The van der Waals surface area contributed by atoms with E-state index in [9.17, 15) is 4.79 Å². The second-order valence-corrected chi connectivity index (χ2v) is 4.64. The molecule has 1 N–H and O–H groups in total. The molecule has 0 saturated heterocycles. The molecular formula is C17H14O4. The lowest BCUT2D eigenvalue weighted by Crippen LogP contribution is -2.04. The lowest BCUT2D eigenvalue weighted by Gasteiger charge is -2.09. The number of ether oxygens (including phenoxy) is 1. The number of aliphatic hydroxyl groups excluding tert-OH is 1. The van der Waals surface area contributed by atoms with Gasteiger partial charge in [-0.15, -0.1) is 0 Å². The van der Waals surface area contributed by atoms with Crippen molar-refractivity contribution < 1.29 is 14.3 Å². The van der Waals surface area contributed by atoms with Gasteiger partial charge in [0, 0.05) is 6.07 Å². The summed E-state index contributed by atoms with van der Waals surface area (Å²) >= 11 is 0. The van der Waals surface area contributed by atoms with Crippen molar-refractivity contribution in [3.05, 3.63) is 76.1 Å².